The van der Waals surface area contributed by atoms with Crippen molar-refractivity contribution in [3.63, 3.8) is 0 Å². The van der Waals surface area contributed by atoms with Gasteiger partial charge in [-0.25, -0.2) is 0 Å². The molecule has 0 atom stereocenters. The first-order valence-corrected chi connectivity index (χ1v) is 7.29. The summed E-state index contributed by atoms with van der Waals surface area (Å²) in [4.78, 5) is 14.1. The van der Waals surface area contributed by atoms with E-state index in [1.807, 2.05) is 35.4 Å². The van der Waals surface area contributed by atoms with Crippen LogP contribution in [0.5, 0.6) is 0 Å². The second-order valence-electron chi connectivity index (χ2n) is 4.92. The maximum absolute atomic E-state index is 12.3. The Morgan fingerprint density at radius 1 is 1.19 bits per heavy atom. The molecule has 0 spiro atoms. The molecule has 1 amide bonds. The van der Waals surface area contributed by atoms with Gasteiger partial charge in [0.1, 0.15) is 0 Å². The van der Waals surface area contributed by atoms with Crippen LogP contribution in [0.25, 0.3) is 0 Å². The summed E-state index contributed by atoms with van der Waals surface area (Å²) in [5.74, 6) is 0.131. The largest absolute Gasteiger partial charge is 0.341 e. The molecule has 0 saturated heterocycles. The van der Waals surface area contributed by atoms with Crippen LogP contribution in [0.4, 0.5) is 0 Å². The fourth-order valence-electron chi connectivity index (χ4n) is 2.23. The molecule has 0 fully saturated rings. The third-order valence-electron chi connectivity index (χ3n) is 3.38. The summed E-state index contributed by atoms with van der Waals surface area (Å²) in [6.07, 6.45) is 4.90. The lowest BCUT2D eigenvalue weighted by atomic mass is 10.1. The normalized spacial score (nSPS) is 10.5. The summed E-state index contributed by atoms with van der Waals surface area (Å²) < 4.78 is 1.77. The van der Waals surface area contributed by atoms with Gasteiger partial charge in [0.25, 0.3) is 0 Å². The van der Waals surface area contributed by atoms with E-state index in [-0.39, 0.29) is 5.91 Å². The Hall–Kier alpha value is -2.14. The van der Waals surface area contributed by atoms with E-state index in [0.29, 0.717) is 32.6 Å². The number of nitrogens with two attached hydrogens (primary N) is 1. The quantitative estimate of drug-likeness (QED) is 0.795. The van der Waals surface area contributed by atoms with Gasteiger partial charge in [0.15, 0.2) is 0 Å². The molecular weight excluding hydrogens is 264 g/mol. The van der Waals surface area contributed by atoms with Crippen LogP contribution in [-0.2, 0) is 17.8 Å². The Morgan fingerprint density at radius 3 is 2.67 bits per heavy atom. The molecule has 21 heavy (non-hydrogen) atoms. The zero-order chi connectivity index (χ0) is 14.9. The molecule has 1 heterocycles. The van der Waals surface area contributed by atoms with E-state index in [2.05, 4.69) is 17.2 Å². The molecule has 2 N–H and O–H groups in total. The van der Waals surface area contributed by atoms with Gasteiger partial charge in [-0.1, -0.05) is 30.3 Å². The third kappa shape index (κ3) is 5.04. The number of aromatic nitrogens is 2. The highest BCUT2D eigenvalue weighted by Crippen LogP contribution is 2.03. The monoisotopic (exact) mass is 286 g/mol. The molecule has 0 bridgehead atoms. The van der Waals surface area contributed by atoms with Gasteiger partial charge < -0.3 is 10.6 Å². The molecule has 0 unspecified atom stereocenters. The highest BCUT2D eigenvalue weighted by molar-refractivity contribution is 5.76. The van der Waals surface area contributed by atoms with Crippen LogP contribution in [0.1, 0.15) is 12.0 Å². The van der Waals surface area contributed by atoms with Crippen LogP contribution in [-0.4, -0.2) is 40.2 Å². The van der Waals surface area contributed by atoms with E-state index >= 15 is 0 Å². The second-order valence-corrected chi connectivity index (χ2v) is 4.92. The Balaban J connectivity index is 1.83. The zero-order valence-electron chi connectivity index (χ0n) is 12.2. The van der Waals surface area contributed by atoms with Gasteiger partial charge in [-0.15, -0.1) is 0 Å². The predicted octanol–water partition coefficient (Wildman–Crippen LogP) is 1.30. The number of nitrogens with zero attached hydrogens (tertiary/aromatic N) is 3. The molecule has 0 radical (unpaired) electrons. The maximum atomic E-state index is 12.3. The zero-order valence-corrected chi connectivity index (χ0v) is 12.2. The molecule has 5 heteroatoms. The second kappa shape index (κ2) is 8.21. The van der Waals surface area contributed by atoms with Gasteiger partial charge in [0.2, 0.25) is 5.91 Å². The molecule has 0 aliphatic heterocycles. The van der Waals surface area contributed by atoms with Crippen LogP contribution in [0.15, 0.2) is 48.8 Å². The third-order valence-corrected chi connectivity index (χ3v) is 3.38. The minimum absolute atomic E-state index is 0.131. The van der Waals surface area contributed by atoms with Gasteiger partial charge >= 0.3 is 0 Å². The lowest BCUT2D eigenvalue weighted by Crippen LogP contribution is -2.37. The first-order chi connectivity index (χ1) is 10.3. The van der Waals surface area contributed by atoms with Crippen molar-refractivity contribution in [2.24, 2.45) is 5.73 Å². The lowest BCUT2D eigenvalue weighted by Gasteiger charge is -2.22. The number of benzene rings is 1. The summed E-state index contributed by atoms with van der Waals surface area (Å²) >= 11 is 0. The van der Waals surface area contributed by atoms with E-state index in [9.17, 15) is 4.79 Å². The molecule has 112 valence electrons. The number of hydrogen-bond donors (Lipinski definition) is 1. The average Bonchev–Trinajstić information content (AvgIpc) is 3.03. The van der Waals surface area contributed by atoms with Crippen molar-refractivity contribution < 1.29 is 4.79 Å². The van der Waals surface area contributed by atoms with E-state index in [1.54, 1.807) is 10.9 Å². The summed E-state index contributed by atoms with van der Waals surface area (Å²) in [6.45, 7) is 2.41. The Labute approximate surface area is 125 Å². The lowest BCUT2D eigenvalue weighted by molar-refractivity contribution is -0.131. The molecule has 1 aromatic heterocycles. The molecule has 2 rings (SSSR count). The van der Waals surface area contributed by atoms with Gasteiger partial charge in [-0.3, -0.25) is 9.48 Å². The number of carbonyl (C=O) groups excluding carboxylic acids is 1. The van der Waals surface area contributed by atoms with E-state index in [4.69, 9.17) is 5.73 Å². The molecule has 2 aromatic rings. The topological polar surface area (TPSA) is 64.2 Å². The van der Waals surface area contributed by atoms with Crippen molar-refractivity contribution in [2.45, 2.75) is 19.4 Å². The molecule has 0 saturated carbocycles. The van der Waals surface area contributed by atoms with Crippen molar-refractivity contribution in [1.82, 2.24) is 14.7 Å². The van der Waals surface area contributed by atoms with Crippen molar-refractivity contribution in [2.75, 3.05) is 19.6 Å². The number of amides is 1. The molecular formula is C16H22N4O. The molecule has 5 nitrogen and oxygen atoms in total. The van der Waals surface area contributed by atoms with Crippen LogP contribution in [0, 0.1) is 0 Å². The minimum Gasteiger partial charge on any atom is -0.341 e. The Morgan fingerprint density at radius 2 is 2.00 bits per heavy atom. The number of aryl methyl sites for hydroxylation is 1. The van der Waals surface area contributed by atoms with E-state index < -0.39 is 0 Å². The summed E-state index contributed by atoms with van der Waals surface area (Å²) in [7, 11) is 0. The van der Waals surface area contributed by atoms with Crippen LogP contribution >= 0.6 is 0 Å². The minimum atomic E-state index is 0.131. The molecule has 1 aromatic carbocycles. The summed E-state index contributed by atoms with van der Waals surface area (Å²) in [5.41, 5.74) is 6.85. The van der Waals surface area contributed by atoms with Crippen LogP contribution < -0.4 is 5.73 Å². The first kappa shape index (κ1) is 15.3. The van der Waals surface area contributed by atoms with Gasteiger partial charge in [-0.2, -0.15) is 5.10 Å². The highest BCUT2D eigenvalue weighted by Gasteiger charge is 2.12. The summed E-state index contributed by atoms with van der Waals surface area (Å²) in [5, 5.41) is 4.11. The van der Waals surface area contributed by atoms with Crippen LogP contribution in [0.3, 0.4) is 0 Å². The predicted molar refractivity (Wildman–Crippen MR) is 82.6 cm³/mol. The molecule has 0 aliphatic rings. The Kier molecular flexibility index (Phi) is 5.97. The fraction of sp³-hybridized carbons (Fsp3) is 0.375. The number of hydrogen-bond acceptors (Lipinski definition) is 3. The Bertz CT molecular complexity index is 524. The average molecular weight is 286 g/mol. The van der Waals surface area contributed by atoms with Gasteiger partial charge in [-0.05, 0) is 18.1 Å². The standard InChI is InChI=1S/C16H22N4O/c17-9-14-19(12-7-15-5-2-1-3-6-15)16(21)8-13-20-11-4-10-18-20/h1-6,10-11H,7-9,12-14,17H2. The SMILES string of the molecule is NCCN(CCc1ccccc1)C(=O)CCn1cccn1. The van der Waals surface area contributed by atoms with Gasteiger partial charge in [0, 0.05) is 45.0 Å². The highest BCUT2D eigenvalue weighted by atomic mass is 16.2. The molecule has 0 aliphatic carbocycles. The first-order valence-electron chi connectivity index (χ1n) is 7.29. The fourth-order valence-corrected chi connectivity index (χ4v) is 2.23. The number of rotatable bonds is 8. The maximum Gasteiger partial charge on any atom is 0.224 e. The van der Waals surface area contributed by atoms with Crippen molar-refractivity contribution in [1.29, 1.82) is 0 Å². The van der Waals surface area contributed by atoms with E-state index in [0.717, 1.165) is 6.42 Å². The van der Waals surface area contributed by atoms with Gasteiger partial charge in [0.05, 0.1) is 0 Å². The van der Waals surface area contributed by atoms with Crippen molar-refractivity contribution >= 4 is 5.91 Å². The summed E-state index contributed by atoms with van der Waals surface area (Å²) in [6, 6.07) is 12.0. The van der Waals surface area contributed by atoms with Crippen molar-refractivity contribution in [3.8, 4) is 0 Å². The number of carbonyl (C=O) groups is 1. The van der Waals surface area contributed by atoms with E-state index in [1.165, 1.54) is 5.56 Å². The smallest absolute Gasteiger partial charge is 0.224 e. The van der Waals surface area contributed by atoms with Crippen molar-refractivity contribution in [3.05, 3.63) is 54.4 Å². The van der Waals surface area contributed by atoms with Crippen LogP contribution in [0.2, 0.25) is 0 Å².